The highest BCUT2D eigenvalue weighted by atomic mass is 19.2. The number of pyridine rings is 1. The normalized spacial score (nSPS) is 23.4. The molecule has 112 valence electrons. The standard InChI is InChI=1S/C13H16F4N2O/c1-20-8-6-4-2-3-5-7(8)18-11-9(14)12(16)19-13(17)10(11)15/h7-8H,2-6H2,1H3,(H,18,19)/t7-,8+/m1/s1. The number of nitrogens with zero attached hydrogens (tertiary/aromatic N) is 1. The van der Waals surface area contributed by atoms with Crippen LogP contribution in [0.15, 0.2) is 0 Å². The van der Waals surface area contributed by atoms with E-state index in [0.29, 0.717) is 6.42 Å². The van der Waals surface area contributed by atoms with Gasteiger partial charge in [0.25, 0.3) is 11.9 Å². The number of anilines is 1. The fourth-order valence-electron chi connectivity index (χ4n) is 2.52. The summed E-state index contributed by atoms with van der Waals surface area (Å²) in [6.45, 7) is 0. The molecule has 1 N–H and O–H groups in total. The van der Waals surface area contributed by atoms with Crippen molar-refractivity contribution >= 4 is 5.69 Å². The molecule has 0 saturated heterocycles. The Kier molecular flexibility index (Phi) is 4.80. The highest BCUT2D eigenvalue weighted by molar-refractivity contribution is 5.46. The Bertz CT molecular complexity index is 458. The minimum Gasteiger partial charge on any atom is -0.379 e. The maximum Gasteiger partial charge on any atom is 0.253 e. The third-order valence-corrected chi connectivity index (χ3v) is 3.58. The number of rotatable bonds is 3. The van der Waals surface area contributed by atoms with Crippen LogP contribution in [0.4, 0.5) is 23.2 Å². The van der Waals surface area contributed by atoms with Gasteiger partial charge in [0.1, 0.15) is 5.69 Å². The molecule has 0 bridgehead atoms. The van der Waals surface area contributed by atoms with Crippen molar-refractivity contribution in [2.45, 2.75) is 44.2 Å². The lowest BCUT2D eigenvalue weighted by molar-refractivity contribution is 0.0804. The predicted molar refractivity (Wildman–Crippen MR) is 65.4 cm³/mol. The van der Waals surface area contributed by atoms with Gasteiger partial charge in [-0.3, -0.25) is 0 Å². The molecule has 7 heteroatoms. The molecular formula is C13H16F4N2O. The zero-order valence-electron chi connectivity index (χ0n) is 11.1. The van der Waals surface area contributed by atoms with Crippen molar-refractivity contribution in [1.29, 1.82) is 0 Å². The summed E-state index contributed by atoms with van der Waals surface area (Å²) in [7, 11) is 1.51. The van der Waals surface area contributed by atoms with Crippen LogP contribution in [0.3, 0.4) is 0 Å². The first-order chi connectivity index (χ1) is 9.54. The lowest BCUT2D eigenvalue weighted by atomic mass is 10.1. The molecule has 1 fully saturated rings. The van der Waals surface area contributed by atoms with E-state index in [1.54, 1.807) is 0 Å². The summed E-state index contributed by atoms with van der Waals surface area (Å²) in [6, 6.07) is -0.396. The Morgan fingerprint density at radius 1 is 1.00 bits per heavy atom. The fraction of sp³-hybridized carbons (Fsp3) is 0.615. The Labute approximate surface area is 114 Å². The van der Waals surface area contributed by atoms with Gasteiger partial charge in [-0.25, -0.2) is 0 Å². The van der Waals surface area contributed by atoms with Crippen LogP contribution in [0.25, 0.3) is 0 Å². The molecule has 1 heterocycles. The van der Waals surface area contributed by atoms with Gasteiger partial charge in [0.05, 0.1) is 12.1 Å². The highest BCUT2D eigenvalue weighted by Gasteiger charge is 2.28. The molecule has 1 aromatic rings. The van der Waals surface area contributed by atoms with Crippen molar-refractivity contribution in [3.63, 3.8) is 0 Å². The van der Waals surface area contributed by atoms with E-state index >= 15 is 0 Å². The molecule has 1 aliphatic rings. The van der Waals surface area contributed by atoms with E-state index in [1.807, 2.05) is 0 Å². The quantitative estimate of drug-likeness (QED) is 0.527. The average Bonchev–Trinajstić information content (AvgIpc) is 2.66. The minimum absolute atomic E-state index is 0.254. The van der Waals surface area contributed by atoms with Gasteiger partial charge in [0.15, 0.2) is 0 Å². The Hall–Kier alpha value is -1.37. The topological polar surface area (TPSA) is 34.1 Å². The van der Waals surface area contributed by atoms with E-state index < -0.39 is 35.3 Å². The predicted octanol–water partition coefficient (Wildman–Crippen LogP) is 3.40. The van der Waals surface area contributed by atoms with Gasteiger partial charge < -0.3 is 10.1 Å². The first-order valence-electron chi connectivity index (χ1n) is 6.54. The average molecular weight is 292 g/mol. The van der Waals surface area contributed by atoms with Crippen LogP contribution in [0, 0.1) is 23.5 Å². The van der Waals surface area contributed by atoms with Gasteiger partial charge >= 0.3 is 0 Å². The molecule has 0 aliphatic heterocycles. The maximum atomic E-state index is 13.6. The second-order valence-corrected chi connectivity index (χ2v) is 4.86. The van der Waals surface area contributed by atoms with Crippen LogP contribution >= 0.6 is 0 Å². The molecule has 2 rings (SSSR count). The van der Waals surface area contributed by atoms with Crippen molar-refractivity contribution in [3.8, 4) is 0 Å². The van der Waals surface area contributed by atoms with Gasteiger partial charge in [-0.05, 0) is 12.8 Å². The number of aromatic nitrogens is 1. The minimum atomic E-state index is -1.66. The largest absolute Gasteiger partial charge is 0.379 e. The number of halogens is 4. The van der Waals surface area contributed by atoms with Gasteiger partial charge in [0.2, 0.25) is 11.6 Å². The van der Waals surface area contributed by atoms with Gasteiger partial charge in [0, 0.05) is 7.11 Å². The lowest BCUT2D eigenvalue weighted by Gasteiger charge is -2.26. The van der Waals surface area contributed by atoms with Crippen LogP contribution in [-0.4, -0.2) is 24.2 Å². The molecule has 1 aliphatic carbocycles. The number of ether oxygens (including phenoxy) is 1. The first kappa shape index (κ1) is 15.0. The van der Waals surface area contributed by atoms with Crippen LogP contribution in [0.2, 0.25) is 0 Å². The van der Waals surface area contributed by atoms with Crippen molar-refractivity contribution in [2.75, 3.05) is 12.4 Å². The van der Waals surface area contributed by atoms with Crippen LogP contribution in [0.5, 0.6) is 0 Å². The summed E-state index contributed by atoms with van der Waals surface area (Å²) in [5, 5.41) is 2.55. The highest BCUT2D eigenvalue weighted by Crippen LogP contribution is 2.27. The summed E-state index contributed by atoms with van der Waals surface area (Å²) in [6.07, 6.45) is 3.88. The van der Waals surface area contributed by atoms with E-state index in [2.05, 4.69) is 10.3 Å². The molecule has 0 aromatic carbocycles. The summed E-state index contributed by atoms with van der Waals surface area (Å²) in [4.78, 5) is 2.53. The number of hydrogen-bond acceptors (Lipinski definition) is 3. The first-order valence-corrected chi connectivity index (χ1v) is 6.54. The van der Waals surface area contributed by atoms with Gasteiger partial charge in [-0.2, -0.15) is 22.5 Å². The van der Waals surface area contributed by atoms with E-state index in [1.165, 1.54) is 7.11 Å². The smallest absolute Gasteiger partial charge is 0.253 e. The molecule has 0 radical (unpaired) electrons. The third kappa shape index (κ3) is 3.03. The molecule has 20 heavy (non-hydrogen) atoms. The molecule has 0 spiro atoms. The molecular weight excluding hydrogens is 276 g/mol. The fourth-order valence-corrected chi connectivity index (χ4v) is 2.52. The SMILES string of the molecule is CO[C@H]1CCCCC[C@H]1Nc1c(F)c(F)nc(F)c1F. The molecule has 0 unspecified atom stereocenters. The van der Waals surface area contributed by atoms with Crippen molar-refractivity contribution in [1.82, 2.24) is 4.98 Å². The van der Waals surface area contributed by atoms with Gasteiger partial charge in [-0.1, -0.05) is 19.3 Å². The lowest BCUT2D eigenvalue weighted by Crippen LogP contribution is -2.35. The molecule has 2 atom stereocenters. The second-order valence-electron chi connectivity index (χ2n) is 4.86. The zero-order chi connectivity index (χ0) is 14.7. The van der Waals surface area contributed by atoms with Crippen molar-refractivity contribution < 1.29 is 22.3 Å². The van der Waals surface area contributed by atoms with E-state index in [4.69, 9.17) is 4.74 Å². The van der Waals surface area contributed by atoms with E-state index in [9.17, 15) is 17.6 Å². The molecule has 3 nitrogen and oxygen atoms in total. The van der Waals surface area contributed by atoms with Crippen LogP contribution in [0.1, 0.15) is 32.1 Å². The summed E-state index contributed by atoms with van der Waals surface area (Å²) < 4.78 is 58.6. The Morgan fingerprint density at radius 2 is 1.60 bits per heavy atom. The Morgan fingerprint density at radius 3 is 2.20 bits per heavy atom. The summed E-state index contributed by atoms with van der Waals surface area (Å²) in [5.74, 6) is -6.34. The van der Waals surface area contributed by atoms with Crippen LogP contribution in [-0.2, 0) is 4.74 Å². The second kappa shape index (κ2) is 6.39. The number of nitrogens with one attached hydrogen (secondary N) is 1. The maximum absolute atomic E-state index is 13.6. The summed E-state index contributed by atoms with van der Waals surface area (Å²) in [5.41, 5.74) is -0.816. The van der Waals surface area contributed by atoms with Crippen molar-refractivity contribution in [2.24, 2.45) is 0 Å². The molecule has 1 saturated carbocycles. The van der Waals surface area contributed by atoms with E-state index in [0.717, 1.165) is 25.7 Å². The number of hydrogen-bond donors (Lipinski definition) is 1. The molecule has 1 aromatic heterocycles. The van der Waals surface area contributed by atoms with Crippen molar-refractivity contribution in [3.05, 3.63) is 23.5 Å². The zero-order valence-corrected chi connectivity index (χ0v) is 11.1. The third-order valence-electron chi connectivity index (χ3n) is 3.58. The Balaban J connectivity index is 2.28. The molecule has 0 amide bonds. The van der Waals surface area contributed by atoms with E-state index in [-0.39, 0.29) is 6.10 Å². The summed E-state index contributed by atoms with van der Waals surface area (Å²) >= 11 is 0. The van der Waals surface area contributed by atoms with Gasteiger partial charge in [-0.15, -0.1) is 0 Å². The number of methoxy groups -OCH3 is 1. The monoisotopic (exact) mass is 292 g/mol. The van der Waals surface area contributed by atoms with Crippen LogP contribution < -0.4 is 5.32 Å².